The van der Waals surface area contributed by atoms with Crippen LogP contribution >= 0.6 is 11.6 Å². The van der Waals surface area contributed by atoms with Crippen LogP contribution in [-0.4, -0.2) is 25.1 Å². The molecule has 0 unspecified atom stereocenters. The lowest BCUT2D eigenvalue weighted by atomic mass is 10.1. The molecule has 0 aliphatic rings. The summed E-state index contributed by atoms with van der Waals surface area (Å²) in [7, 11) is 0. The lowest BCUT2D eigenvalue weighted by molar-refractivity contribution is -0.119. The Hall–Kier alpha value is -2.83. The molecule has 0 bridgehead atoms. The number of nitrogens with one attached hydrogen (secondary N) is 1. The van der Waals surface area contributed by atoms with Crippen LogP contribution in [0.15, 0.2) is 46.9 Å². The molecule has 3 rings (SSSR count). The summed E-state index contributed by atoms with van der Waals surface area (Å²) < 4.78 is 16.2. The summed E-state index contributed by atoms with van der Waals surface area (Å²) in [6, 6.07) is 12.4. The largest absolute Gasteiger partial charge is 0.450 e. The third kappa shape index (κ3) is 4.52. The number of aryl methyl sites for hydroxylation is 1. The summed E-state index contributed by atoms with van der Waals surface area (Å²) in [5, 5.41) is 4.05. The Morgan fingerprint density at radius 1 is 1.18 bits per heavy atom. The van der Waals surface area contributed by atoms with Crippen molar-refractivity contribution in [3.63, 3.8) is 0 Å². The molecule has 1 aromatic heterocycles. The second-order valence-electron chi connectivity index (χ2n) is 6.13. The molecule has 7 heteroatoms. The van der Waals surface area contributed by atoms with Crippen molar-refractivity contribution >= 4 is 40.1 Å². The Morgan fingerprint density at radius 2 is 1.96 bits per heavy atom. The van der Waals surface area contributed by atoms with Crippen molar-refractivity contribution in [2.45, 2.75) is 20.5 Å². The van der Waals surface area contributed by atoms with Gasteiger partial charge in [0.25, 0.3) is 5.91 Å². The van der Waals surface area contributed by atoms with Gasteiger partial charge in [-0.05, 0) is 43.7 Å². The number of benzene rings is 2. The number of para-hydroxylation sites is 1. The van der Waals surface area contributed by atoms with Crippen molar-refractivity contribution in [2.24, 2.45) is 0 Å². The molecule has 3 aromatic rings. The minimum Gasteiger partial charge on any atom is -0.450 e. The summed E-state index contributed by atoms with van der Waals surface area (Å²) in [6.45, 7) is 3.96. The van der Waals surface area contributed by atoms with Crippen LogP contribution in [0.3, 0.4) is 0 Å². The fourth-order valence-electron chi connectivity index (χ4n) is 2.76. The maximum atomic E-state index is 12.5. The van der Waals surface area contributed by atoms with Crippen LogP contribution < -0.4 is 5.32 Å². The summed E-state index contributed by atoms with van der Waals surface area (Å²) >= 11 is 5.91. The van der Waals surface area contributed by atoms with Crippen LogP contribution in [0, 0.1) is 6.92 Å². The number of carbonyl (C=O) groups is 2. The van der Waals surface area contributed by atoms with E-state index >= 15 is 0 Å². The molecule has 1 N–H and O–H groups in total. The Morgan fingerprint density at radius 3 is 2.71 bits per heavy atom. The molecular formula is C21H20ClNO5. The number of esters is 1. The van der Waals surface area contributed by atoms with Gasteiger partial charge in [-0.3, -0.25) is 4.79 Å². The highest BCUT2D eigenvalue weighted by Crippen LogP contribution is 2.27. The average Bonchev–Trinajstić information content (AvgIpc) is 3.05. The van der Waals surface area contributed by atoms with Crippen LogP contribution in [0.5, 0.6) is 0 Å². The molecule has 0 saturated carbocycles. The number of fused-ring (bicyclic) bond motifs is 1. The second kappa shape index (κ2) is 8.91. The highest BCUT2D eigenvalue weighted by molar-refractivity contribution is 6.30. The van der Waals surface area contributed by atoms with E-state index in [4.69, 9.17) is 25.5 Å². The molecule has 6 nitrogen and oxygen atoms in total. The van der Waals surface area contributed by atoms with Gasteiger partial charge in [0, 0.05) is 28.3 Å². The normalized spacial score (nSPS) is 10.8. The van der Waals surface area contributed by atoms with Gasteiger partial charge in [0.05, 0.1) is 6.61 Å². The molecule has 0 spiro atoms. The molecule has 0 aliphatic heterocycles. The van der Waals surface area contributed by atoms with Crippen LogP contribution in [0.4, 0.5) is 5.69 Å². The molecule has 146 valence electrons. The van der Waals surface area contributed by atoms with Gasteiger partial charge in [-0.2, -0.15) is 0 Å². The third-order valence-corrected chi connectivity index (χ3v) is 4.37. The first kappa shape index (κ1) is 19.9. The number of halogens is 1. The van der Waals surface area contributed by atoms with E-state index in [0.29, 0.717) is 28.5 Å². The van der Waals surface area contributed by atoms with Gasteiger partial charge in [-0.25, -0.2) is 4.79 Å². The highest BCUT2D eigenvalue weighted by Gasteiger charge is 2.22. The van der Waals surface area contributed by atoms with Crippen molar-refractivity contribution < 1.29 is 23.5 Å². The van der Waals surface area contributed by atoms with Crippen LogP contribution in [-0.2, 0) is 20.9 Å². The number of furan rings is 1. The minimum atomic E-state index is -0.714. The van der Waals surface area contributed by atoms with E-state index in [2.05, 4.69) is 5.32 Å². The first-order valence-electron chi connectivity index (χ1n) is 8.81. The molecular weight excluding hydrogens is 382 g/mol. The maximum absolute atomic E-state index is 12.5. The zero-order valence-electron chi connectivity index (χ0n) is 15.6. The summed E-state index contributed by atoms with van der Waals surface area (Å²) in [4.78, 5) is 24.6. The van der Waals surface area contributed by atoms with Gasteiger partial charge in [-0.1, -0.05) is 29.8 Å². The van der Waals surface area contributed by atoms with Crippen molar-refractivity contribution in [1.29, 1.82) is 0 Å². The number of amides is 1. The van der Waals surface area contributed by atoms with Gasteiger partial charge in [0.15, 0.2) is 6.61 Å². The Kier molecular flexibility index (Phi) is 6.34. The fourth-order valence-corrected chi connectivity index (χ4v) is 2.99. The SMILES string of the molecule is CCOCc1c(C(=O)OCC(=O)Nc2ccc(Cl)cc2C)oc2ccccc12. The number of anilines is 1. The predicted octanol–water partition coefficient (Wildman–Crippen LogP) is 4.73. The van der Waals surface area contributed by atoms with E-state index in [1.165, 1.54) is 0 Å². The summed E-state index contributed by atoms with van der Waals surface area (Å²) in [5.41, 5.74) is 2.58. The first-order chi connectivity index (χ1) is 13.5. The van der Waals surface area contributed by atoms with Crippen LogP contribution in [0.1, 0.15) is 28.6 Å². The number of rotatable bonds is 7. The topological polar surface area (TPSA) is 77.8 Å². The minimum absolute atomic E-state index is 0.0464. The molecule has 0 atom stereocenters. The highest BCUT2D eigenvalue weighted by atomic mass is 35.5. The fraction of sp³-hybridized carbons (Fsp3) is 0.238. The van der Waals surface area contributed by atoms with E-state index in [-0.39, 0.29) is 12.4 Å². The molecule has 28 heavy (non-hydrogen) atoms. The second-order valence-corrected chi connectivity index (χ2v) is 6.56. The molecule has 0 fully saturated rings. The van der Waals surface area contributed by atoms with E-state index < -0.39 is 18.5 Å². The quantitative estimate of drug-likeness (QED) is 0.579. The van der Waals surface area contributed by atoms with E-state index in [9.17, 15) is 9.59 Å². The van der Waals surface area contributed by atoms with Gasteiger partial charge in [-0.15, -0.1) is 0 Å². The van der Waals surface area contributed by atoms with Gasteiger partial charge < -0.3 is 19.2 Å². The first-order valence-corrected chi connectivity index (χ1v) is 9.18. The van der Waals surface area contributed by atoms with Crippen molar-refractivity contribution in [1.82, 2.24) is 0 Å². The van der Waals surface area contributed by atoms with Gasteiger partial charge >= 0.3 is 5.97 Å². The molecule has 1 amide bonds. The zero-order chi connectivity index (χ0) is 20.1. The van der Waals surface area contributed by atoms with E-state index in [0.717, 1.165) is 10.9 Å². The van der Waals surface area contributed by atoms with Crippen molar-refractivity contribution in [3.05, 3.63) is 64.4 Å². The smallest absolute Gasteiger partial charge is 0.375 e. The number of ether oxygens (including phenoxy) is 2. The molecule has 1 heterocycles. The monoisotopic (exact) mass is 401 g/mol. The molecule has 0 saturated heterocycles. The van der Waals surface area contributed by atoms with E-state index in [1.54, 1.807) is 24.3 Å². The number of hydrogen-bond acceptors (Lipinski definition) is 5. The Bertz CT molecular complexity index is 1010. The predicted molar refractivity (Wildman–Crippen MR) is 107 cm³/mol. The van der Waals surface area contributed by atoms with E-state index in [1.807, 2.05) is 32.0 Å². The number of hydrogen-bond donors (Lipinski definition) is 1. The maximum Gasteiger partial charge on any atom is 0.375 e. The zero-order valence-corrected chi connectivity index (χ0v) is 16.3. The third-order valence-electron chi connectivity index (χ3n) is 4.13. The molecule has 0 aliphatic carbocycles. The standard InChI is InChI=1S/C21H20ClNO5/c1-3-26-11-16-15-6-4-5-7-18(15)28-20(16)21(25)27-12-19(24)23-17-9-8-14(22)10-13(17)2/h4-10H,3,11-12H2,1-2H3,(H,23,24). The Balaban J connectivity index is 1.69. The molecule has 2 aromatic carbocycles. The van der Waals surface area contributed by atoms with Gasteiger partial charge in [0.2, 0.25) is 5.76 Å². The molecule has 0 radical (unpaired) electrons. The van der Waals surface area contributed by atoms with Gasteiger partial charge in [0.1, 0.15) is 5.58 Å². The summed E-state index contributed by atoms with van der Waals surface area (Å²) in [6.07, 6.45) is 0. The average molecular weight is 402 g/mol. The summed E-state index contributed by atoms with van der Waals surface area (Å²) in [5.74, 6) is -1.12. The van der Waals surface area contributed by atoms with Crippen LogP contribution in [0.2, 0.25) is 5.02 Å². The van der Waals surface area contributed by atoms with Crippen molar-refractivity contribution in [2.75, 3.05) is 18.5 Å². The lowest BCUT2D eigenvalue weighted by Crippen LogP contribution is -2.21. The number of carbonyl (C=O) groups excluding carboxylic acids is 2. The lowest BCUT2D eigenvalue weighted by Gasteiger charge is -2.09. The Labute approximate surface area is 167 Å². The van der Waals surface area contributed by atoms with Crippen molar-refractivity contribution in [3.8, 4) is 0 Å². The van der Waals surface area contributed by atoms with Crippen LogP contribution in [0.25, 0.3) is 11.0 Å².